The van der Waals surface area contributed by atoms with Crippen molar-refractivity contribution in [2.75, 3.05) is 13.1 Å². The summed E-state index contributed by atoms with van der Waals surface area (Å²) in [6, 6.07) is 16.2. The van der Waals surface area contributed by atoms with Crippen molar-refractivity contribution in [3.63, 3.8) is 0 Å². The monoisotopic (exact) mass is 430 g/mol. The standard InChI is InChI=1S/C26H30N4O2/c27-19-26(21-8-2-1-3-9-21)12-15-30(16-13-26)25(32)23-11-5-4-10-22(23)24(31)29-18-20-7-6-14-28-17-20/h1-3,6-9,14,17,22-23H,4-5,10-13,15-16,18H2,(H,29,31). The Labute approximate surface area is 189 Å². The van der Waals surface area contributed by atoms with E-state index in [1.807, 2.05) is 47.4 Å². The Balaban J connectivity index is 1.39. The summed E-state index contributed by atoms with van der Waals surface area (Å²) >= 11 is 0. The average Bonchev–Trinajstić information content (AvgIpc) is 2.88. The molecule has 2 heterocycles. The first-order valence-electron chi connectivity index (χ1n) is 11.6. The molecule has 1 aromatic heterocycles. The molecule has 0 bridgehead atoms. The predicted octanol–water partition coefficient (Wildman–Crippen LogP) is 3.59. The van der Waals surface area contributed by atoms with E-state index < -0.39 is 5.41 Å². The van der Waals surface area contributed by atoms with Gasteiger partial charge in [0.05, 0.1) is 11.5 Å². The van der Waals surface area contributed by atoms with Crippen molar-refractivity contribution in [1.82, 2.24) is 15.2 Å². The first kappa shape index (κ1) is 22.0. The van der Waals surface area contributed by atoms with Crippen LogP contribution in [0.4, 0.5) is 0 Å². The zero-order chi connectivity index (χ0) is 22.4. The lowest BCUT2D eigenvalue weighted by Crippen LogP contribution is -2.50. The van der Waals surface area contributed by atoms with Crippen LogP contribution in [0.1, 0.15) is 49.7 Å². The fraction of sp³-hybridized carbons (Fsp3) is 0.462. The molecule has 1 N–H and O–H groups in total. The second-order valence-electron chi connectivity index (χ2n) is 8.96. The summed E-state index contributed by atoms with van der Waals surface area (Å²) in [5.41, 5.74) is 1.44. The van der Waals surface area contributed by atoms with E-state index in [0.29, 0.717) is 32.5 Å². The molecule has 0 radical (unpaired) electrons. The molecule has 1 saturated heterocycles. The molecule has 166 valence electrons. The number of piperidine rings is 1. The van der Waals surface area contributed by atoms with Gasteiger partial charge in [0.25, 0.3) is 0 Å². The molecular formula is C26H30N4O2. The third-order valence-electron chi connectivity index (χ3n) is 7.08. The van der Waals surface area contributed by atoms with E-state index in [0.717, 1.165) is 36.8 Å². The van der Waals surface area contributed by atoms with Crippen molar-refractivity contribution in [2.45, 2.75) is 50.5 Å². The SMILES string of the molecule is N#CC1(c2ccccc2)CCN(C(=O)C2CCCCC2C(=O)NCc2cccnc2)CC1. The summed E-state index contributed by atoms with van der Waals surface area (Å²) in [7, 11) is 0. The van der Waals surface area contributed by atoms with Gasteiger partial charge in [-0.3, -0.25) is 14.6 Å². The zero-order valence-corrected chi connectivity index (χ0v) is 18.4. The molecule has 6 heteroatoms. The summed E-state index contributed by atoms with van der Waals surface area (Å²) in [5, 5.41) is 12.9. The minimum atomic E-state index is -0.537. The van der Waals surface area contributed by atoms with Gasteiger partial charge in [-0.2, -0.15) is 5.26 Å². The number of likely N-dealkylation sites (tertiary alicyclic amines) is 1. The average molecular weight is 431 g/mol. The van der Waals surface area contributed by atoms with Crippen LogP contribution in [0.5, 0.6) is 0 Å². The Morgan fingerprint density at radius 2 is 1.78 bits per heavy atom. The zero-order valence-electron chi connectivity index (χ0n) is 18.4. The lowest BCUT2D eigenvalue weighted by atomic mass is 9.73. The normalized spacial score (nSPS) is 22.5. The molecule has 4 rings (SSSR count). The molecule has 1 aliphatic heterocycles. The van der Waals surface area contributed by atoms with Crippen molar-refractivity contribution in [3.8, 4) is 6.07 Å². The van der Waals surface area contributed by atoms with Gasteiger partial charge in [-0.1, -0.05) is 49.2 Å². The Morgan fingerprint density at radius 3 is 2.44 bits per heavy atom. The maximum absolute atomic E-state index is 13.4. The number of hydrogen-bond donors (Lipinski definition) is 1. The number of aromatic nitrogens is 1. The van der Waals surface area contributed by atoms with Crippen LogP contribution in [-0.2, 0) is 21.5 Å². The topological polar surface area (TPSA) is 86.1 Å². The van der Waals surface area contributed by atoms with E-state index >= 15 is 0 Å². The highest BCUT2D eigenvalue weighted by atomic mass is 16.2. The van der Waals surface area contributed by atoms with E-state index in [9.17, 15) is 14.9 Å². The van der Waals surface area contributed by atoms with E-state index in [1.54, 1.807) is 12.4 Å². The van der Waals surface area contributed by atoms with Crippen molar-refractivity contribution >= 4 is 11.8 Å². The fourth-order valence-corrected chi connectivity index (χ4v) is 5.13. The highest BCUT2D eigenvalue weighted by Gasteiger charge is 2.42. The predicted molar refractivity (Wildman–Crippen MR) is 121 cm³/mol. The number of nitriles is 1. The van der Waals surface area contributed by atoms with Gasteiger partial charge in [0.1, 0.15) is 0 Å². The Kier molecular flexibility index (Phi) is 6.84. The molecule has 6 nitrogen and oxygen atoms in total. The number of hydrogen-bond acceptors (Lipinski definition) is 4. The number of pyridine rings is 1. The minimum Gasteiger partial charge on any atom is -0.352 e. The van der Waals surface area contributed by atoms with Gasteiger partial charge in [-0.15, -0.1) is 0 Å². The number of nitrogens with one attached hydrogen (secondary N) is 1. The second-order valence-corrected chi connectivity index (χ2v) is 8.96. The van der Waals surface area contributed by atoms with Crippen LogP contribution in [0.25, 0.3) is 0 Å². The summed E-state index contributed by atoms with van der Waals surface area (Å²) in [6.45, 7) is 1.54. The number of rotatable bonds is 5. The van der Waals surface area contributed by atoms with Gasteiger partial charge in [-0.05, 0) is 42.9 Å². The van der Waals surface area contributed by atoms with Gasteiger partial charge in [-0.25, -0.2) is 0 Å². The Morgan fingerprint density at radius 1 is 1.06 bits per heavy atom. The summed E-state index contributed by atoms with van der Waals surface area (Å²) in [5.74, 6) is -0.529. The van der Waals surface area contributed by atoms with Gasteiger partial charge < -0.3 is 10.2 Å². The number of carbonyl (C=O) groups excluding carboxylic acids is 2. The smallest absolute Gasteiger partial charge is 0.226 e. The molecule has 2 amide bonds. The minimum absolute atomic E-state index is 0.0421. The van der Waals surface area contributed by atoms with Gasteiger partial charge in [0.15, 0.2) is 0 Å². The van der Waals surface area contributed by atoms with Gasteiger partial charge in [0.2, 0.25) is 11.8 Å². The maximum Gasteiger partial charge on any atom is 0.226 e. The van der Waals surface area contributed by atoms with Crippen LogP contribution in [0.3, 0.4) is 0 Å². The molecular weight excluding hydrogens is 400 g/mol. The van der Waals surface area contributed by atoms with Crippen molar-refractivity contribution in [2.24, 2.45) is 11.8 Å². The first-order valence-corrected chi connectivity index (χ1v) is 11.6. The lowest BCUT2D eigenvalue weighted by molar-refractivity contribution is -0.144. The van der Waals surface area contributed by atoms with Crippen LogP contribution in [0, 0.1) is 23.2 Å². The molecule has 2 aliphatic rings. The molecule has 2 unspecified atom stereocenters. The summed E-state index contributed by atoms with van der Waals surface area (Å²) < 4.78 is 0. The lowest BCUT2D eigenvalue weighted by Gasteiger charge is -2.40. The number of nitrogens with zero attached hydrogens (tertiary/aromatic N) is 3. The van der Waals surface area contributed by atoms with Gasteiger partial charge in [0, 0.05) is 43.9 Å². The fourth-order valence-electron chi connectivity index (χ4n) is 5.13. The van der Waals surface area contributed by atoms with Crippen molar-refractivity contribution in [3.05, 3.63) is 66.0 Å². The van der Waals surface area contributed by atoms with Gasteiger partial charge >= 0.3 is 0 Å². The van der Waals surface area contributed by atoms with Crippen LogP contribution in [0.2, 0.25) is 0 Å². The van der Waals surface area contributed by atoms with Crippen LogP contribution >= 0.6 is 0 Å². The summed E-state index contributed by atoms with van der Waals surface area (Å²) in [6.07, 6.45) is 8.15. The molecule has 1 aromatic carbocycles. The highest BCUT2D eigenvalue weighted by Crippen LogP contribution is 2.37. The maximum atomic E-state index is 13.4. The van der Waals surface area contributed by atoms with Crippen molar-refractivity contribution in [1.29, 1.82) is 5.26 Å². The number of benzene rings is 1. The van der Waals surface area contributed by atoms with E-state index in [2.05, 4.69) is 16.4 Å². The molecule has 2 atom stereocenters. The largest absolute Gasteiger partial charge is 0.352 e. The second kappa shape index (κ2) is 9.95. The first-order chi connectivity index (χ1) is 15.6. The highest BCUT2D eigenvalue weighted by molar-refractivity contribution is 5.88. The molecule has 1 aliphatic carbocycles. The van der Waals surface area contributed by atoms with Crippen LogP contribution in [0.15, 0.2) is 54.9 Å². The number of amides is 2. The quantitative estimate of drug-likeness (QED) is 0.785. The third-order valence-corrected chi connectivity index (χ3v) is 7.08. The number of carbonyl (C=O) groups is 2. The van der Waals surface area contributed by atoms with Crippen LogP contribution < -0.4 is 5.32 Å². The Hall–Kier alpha value is -3.20. The Bertz CT molecular complexity index is 962. The third kappa shape index (κ3) is 4.67. The van der Waals surface area contributed by atoms with E-state index in [4.69, 9.17) is 0 Å². The molecule has 1 saturated carbocycles. The molecule has 0 spiro atoms. The van der Waals surface area contributed by atoms with E-state index in [-0.39, 0.29) is 23.7 Å². The van der Waals surface area contributed by atoms with Crippen LogP contribution in [-0.4, -0.2) is 34.8 Å². The molecule has 2 aromatic rings. The molecule has 32 heavy (non-hydrogen) atoms. The summed E-state index contributed by atoms with van der Waals surface area (Å²) in [4.78, 5) is 32.4. The molecule has 2 fully saturated rings. The van der Waals surface area contributed by atoms with Crippen molar-refractivity contribution < 1.29 is 9.59 Å². The van der Waals surface area contributed by atoms with E-state index in [1.165, 1.54) is 0 Å².